The summed E-state index contributed by atoms with van der Waals surface area (Å²) in [6.07, 6.45) is 5.58. The minimum atomic E-state index is -4.47. The number of benzene rings is 3. The van der Waals surface area contributed by atoms with Gasteiger partial charge in [0.15, 0.2) is 23.9 Å². The monoisotopic (exact) mass is 859 g/mol. The van der Waals surface area contributed by atoms with E-state index in [4.69, 9.17) is 37.4 Å². The Bertz CT molecular complexity index is 2210. The first-order chi connectivity index (χ1) is 27.7. The molecule has 3 unspecified atom stereocenters. The number of carbonyl (C=O) groups is 2. The van der Waals surface area contributed by atoms with Gasteiger partial charge in [-0.05, 0) is 92.9 Å². The fourth-order valence-electron chi connectivity index (χ4n) is 7.46. The average Bonchev–Trinajstić information content (AvgIpc) is 4.00. The molecule has 2 aliphatic heterocycles. The summed E-state index contributed by atoms with van der Waals surface area (Å²) >= 11 is 12.8. The highest BCUT2D eigenvalue weighted by atomic mass is 35.5. The number of hydrogen-bond donors (Lipinski definition) is 1. The van der Waals surface area contributed by atoms with Crippen molar-refractivity contribution < 1.29 is 50.5 Å². The number of hydrogen-bond acceptors (Lipinski definition) is 10. The third kappa shape index (κ3) is 10.0. The van der Waals surface area contributed by atoms with Crippen LogP contribution in [0.5, 0.6) is 11.5 Å². The first-order valence-corrected chi connectivity index (χ1v) is 21.1. The lowest BCUT2D eigenvalue weighted by molar-refractivity contribution is -0.605. The van der Waals surface area contributed by atoms with E-state index >= 15 is 0 Å². The second-order valence-electron chi connectivity index (χ2n) is 14.8. The molecule has 1 saturated carbocycles. The van der Waals surface area contributed by atoms with Gasteiger partial charge in [0.05, 0.1) is 17.1 Å². The van der Waals surface area contributed by atoms with Crippen molar-refractivity contribution >= 4 is 45.2 Å². The smallest absolute Gasteiger partial charge is 0.387 e. The zero-order valence-electron chi connectivity index (χ0n) is 31.3. The Hall–Kier alpha value is -4.54. The van der Waals surface area contributed by atoms with E-state index in [1.807, 2.05) is 0 Å². The van der Waals surface area contributed by atoms with E-state index in [0.717, 1.165) is 44.1 Å². The maximum Gasteiger partial charge on any atom is 0.387 e. The van der Waals surface area contributed by atoms with Gasteiger partial charge >= 0.3 is 18.6 Å². The van der Waals surface area contributed by atoms with E-state index in [9.17, 15) is 32.0 Å². The highest BCUT2D eigenvalue weighted by molar-refractivity contribution is 7.89. The maximum atomic E-state index is 14.0. The summed E-state index contributed by atoms with van der Waals surface area (Å²) in [7, 11) is -2.40. The van der Waals surface area contributed by atoms with Gasteiger partial charge in [-0.25, -0.2) is 18.0 Å². The van der Waals surface area contributed by atoms with Crippen LogP contribution in [-0.4, -0.2) is 63.7 Å². The Morgan fingerprint density at radius 1 is 0.914 bits per heavy atom. The lowest BCUT2D eigenvalue weighted by Crippen LogP contribution is -2.44. The minimum Gasteiger partial charge on any atom is -0.619 e. The number of sulfonamides is 1. The van der Waals surface area contributed by atoms with Crippen LogP contribution in [0.4, 0.5) is 8.78 Å². The van der Waals surface area contributed by atoms with Gasteiger partial charge < -0.3 is 29.1 Å². The predicted molar refractivity (Wildman–Crippen MR) is 208 cm³/mol. The predicted octanol–water partition coefficient (Wildman–Crippen LogP) is 7.35. The van der Waals surface area contributed by atoms with Crippen molar-refractivity contribution in [3.05, 3.63) is 123 Å². The third-order valence-corrected chi connectivity index (χ3v) is 12.9. The molecule has 0 radical (unpaired) electrons. The van der Waals surface area contributed by atoms with Crippen LogP contribution in [0.15, 0.2) is 90.1 Å². The summed E-state index contributed by atoms with van der Waals surface area (Å²) in [6.45, 7) is -2.88. The standard InChI is InChI=1S/C41H41Cl2F2N3O9S/c1-47-28-13-14-29(47)19-30(18-28)55-40(50)38(25-6-3-2-4-7-25)46-58(52,53)31-9-5-8-27(16-31)39(49)56-36(20-32-33(42)21-48(51)22-34(32)43)26-12-15-35(57-41(44)45)37(17-26)54-23-24-10-11-24/h2-9,12,15-17,21-22,24,28-30,36,38,41,46H,10-11,13-14,18-20,23H2,1H3/t28?,29?,30?,36-,38?/m0/s1. The summed E-state index contributed by atoms with van der Waals surface area (Å²) in [5.74, 6) is -1.68. The first-order valence-electron chi connectivity index (χ1n) is 18.8. The molecule has 3 heterocycles. The van der Waals surface area contributed by atoms with Gasteiger partial charge in [0, 0.05) is 24.1 Å². The number of pyridine rings is 1. The van der Waals surface area contributed by atoms with E-state index in [2.05, 4.69) is 21.4 Å². The minimum absolute atomic E-state index is 0.0118. The molecule has 1 N–H and O–H groups in total. The first kappa shape index (κ1) is 41.6. The number of aromatic nitrogens is 1. The number of fused-ring (bicyclic) bond motifs is 2. The van der Waals surface area contributed by atoms with Gasteiger partial charge in [-0.15, -0.1) is 0 Å². The third-order valence-electron chi connectivity index (χ3n) is 10.8. The van der Waals surface area contributed by atoms with Crippen LogP contribution in [0.25, 0.3) is 0 Å². The number of carbonyl (C=O) groups excluding carboxylic acids is 2. The van der Waals surface area contributed by atoms with Crippen LogP contribution in [0.1, 0.15) is 77.7 Å². The Morgan fingerprint density at radius 3 is 2.26 bits per heavy atom. The Morgan fingerprint density at radius 2 is 1.60 bits per heavy atom. The van der Waals surface area contributed by atoms with Crippen molar-refractivity contribution in [1.82, 2.24) is 9.62 Å². The normalized spacial score (nSPS) is 20.3. The number of piperidine rings is 1. The molecular formula is C41H41Cl2F2N3O9S. The summed E-state index contributed by atoms with van der Waals surface area (Å²) in [5.41, 5.74) is 0.725. The van der Waals surface area contributed by atoms with Crippen molar-refractivity contribution in [2.75, 3.05) is 13.7 Å². The van der Waals surface area contributed by atoms with E-state index in [-0.39, 0.29) is 68.2 Å². The van der Waals surface area contributed by atoms with Crippen LogP contribution >= 0.6 is 23.2 Å². The van der Waals surface area contributed by atoms with Gasteiger partial charge in [0.1, 0.15) is 28.3 Å². The molecule has 3 fully saturated rings. The highest BCUT2D eigenvalue weighted by Crippen LogP contribution is 2.39. The summed E-state index contributed by atoms with van der Waals surface area (Å²) in [5, 5.41) is 11.9. The van der Waals surface area contributed by atoms with Crippen LogP contribution < -0.4 is 18.9 Å². The van der Waals surface area contributed by atoms with Crippen molar-refractivity contribution in [1.29, 1.82) is 0 Å². The molecule has 2 bridgehead atoms. The molecule has 2 saturated heterocycles. The molecule has 4 atom stereocenters. The Labute approximate surface area is 344 Å². The molecule has 0 spiro atoms. The van der Waals surface area contributed by atoms with Crippen molar-refractivity contribution in [3.63, 3.8) is 0 Å². The van der Waals surface area contributed by atoms with Crippen LogP contribution in [-0.2, 0) is 30.7 Å². The molecule has 7 rings (SSSR count). The SMILES string of the molecule is CN1C2CCC1CC(OC(=O)C(NS(=O)(=O)c1cccc(C(=O)O[C@@H](Cc3c(Cl)c[n+]([O-])cc3Cl)c3ccc(OC(F)F)c(OCC4CC4)c3)c1)c1ccccc1)C2. The largest absolute Gasteiger partial charge is 0.619 e. The van der Waals surface area contributed by atoms with E-state index in [0.29, 0.717) is 35.2 Å². The molecule has 4 aromatic rings. The fraction of sp³-hybridized carbons (Fsp3) is 0.390. The number of ether oxygens (including phenoxy) is 4. The highest BCUT2D eigenvalue weighted by Gasteiger charge is 2.41. The summed E-state index contributed by atoms with van der Waals surface area (Å²) in [4.78, 5) is 29.6. The molecule has 1 aromatic heterocycles. The maximum absolute atomic E-state index is 14.0. The quantitative estimate of drug-likeness (QED) is 0.0690. The average molecular weight is 861 g/mol. The molecular weight excluding hydrogens is 819 g/mol. The van der Waals surface area contributed by atoms with Gasteiger partial charge in [-0.1, -0.05) is 65.7 Å². The molecule has 12 nitrogen and oxygen atoms in total. The molecule has 308 valence electrons. The molecule has 0 amide bonds. The number of nitrogens with one attached hydrogen (secondary N) is 1. The molecule has 3 aliphatic rings. The van der Waals surface area contributed by atoms with Crippen LogP contribution in [0, 0.1) is 11.1 Å². The van der Waals surface area contributed by atoms with Crippen molar-refractivity contribution in [2.45, 2.75) is 86.8 Å². The number of alkyl halides is 2. The topological polar surface area (TPSA) is 147 Å². The van der Waals surface area contributed by atoms with E-state index in [1.54, 1.807) is 30.3 Å². The molecule has 3 aromatic carbocycles. The number of halogens is 4. The second-order valence-corrected chi connectivity index (χ2v) is 17.3. The van der Waals surface area contributed by atoms with Gasteiger partial charge in [-0.3, -0.25) is 0 Å². The van der Waals surface area contributed by atoms with Crippen molar-refractivity contribution in [2.24, 2.45) is 5.92 Å². The molecule has 17 heteroatoms. The molecule has 1 aliphatic carbocycles. The van der Waals surface area contributed by atoms with Crippen molar-refractivity contribution in [3.8, 4) is 11.5 Å². The number of nitrogens with zero attached hydrogens (tertiary/aromatic N) is 2. The van der Waals surface area contributed by atoms with Gasteiger partial charge in [0.25, 0.3) is 0 Å². The van der Waals surface area contributed by atoms with Crippen LogP contribution in [0.2, 0.25) is 10.0 Å². The lowest BCUT2D eigenvalue weighted by Gasteiger charge is -2.36. The Balaban J connectivity index is 1.14. The van der Waals surface area contributed by atoms with Gasteiger partial charge in [0.2, 0.25) is 10.0 Å². The number of rotatable bonds is 16. The second kappa shape index (κ2) is 17.8. The lowest BCUT2D eigenvalue weighted by atomic mass is 10.0. The van der Waals surface area contributed by atoms with Gasteiger partial charge in [-0.2, -0.15) is 18.2 Å². The Kier molecular flexibility index (Phi) is 12.7. The number of esters is 2. The van der Waals surface area contributed by atoms with E-state index in [1.165, 1.54) is 36.4 Å². The zero-order chi connectivity index (χ0) is 41.1. The molecule has 58 heavy (non-hydrogen) atoms. The zero-order valence-corrected chi connectivity index (χ0v) is 33.6. The van der Waals surface area contributed by atoms with E-state index < -0.39 is 40.7 Å². The van der Waals surface area contributed by atoms with Crippen LogP contribution in [0.3, 0.4) is 0 Å². The fourth-order valence-corrected chi connectivity index (χ4v) is 9.28. The summed E-state index contributed by atoms with van der Waals surface area (Å²) in [6, 6.07) is 16.7. The summed E-state index contributed by atoms with van der Waals surface area (Å²) < 4.78 is 79.9.